The Morgan fingerprint density at radius 2 is 1.94 bits per heavy atom. The molecule has 18 heavy (non-hydrogen) atoms. The van der Waals surface area contributed by atoms with E-state index in [1.165, 1.54) is 19.2 Å². The molecule has 2 N–H and O–H groups in total. The van der Waals surface area contributed by atoms with Crippen LogP contribution in [0.25, 0.3) is 0 Å². The van der Waals surface area contributed by atoms with E-state index in [2.05, 4.69) is 0 Å². The van der Waals surface area contributed by atoms with Crippen LogP contribution in [0, 0.1) is 13.8 Å². The molecule has 1 aromatic rings. The van der Waals surface area contributed by atoms with Gasteiger partial charge in [0.15, 0.2) is 0 Å². The summed E-state index contributed by atoms with van der Waals surface area (Å²) >= 11 is 0. The Balaban J connectivity index is 3.18. The topological polar surface area (TPSA) is 92.7 Å². The van der Waals surface area contributed by atoms with Crippen LogP contribution < -0.4 is 9.46 Å². The Morgan fingerprint density at radius 3 is 2.44 bits per heavy atom. The van der Waals surface area contributed by atoms with Crippen molar-refractivity contribution in [1.29, 1.82) is 0 Å². The molecular formula is C11H15NO5S. The minimum absolute atomic E-state index is 0.0575. The average molecular weight is 273 g/mol. The number of nitrogens with one attached hydrogen (secondary N) is 1. The summed E-state index contributed by atoms with van der Waals surface area (Å²) < 4.78 is 30.9. The van der Waals surface area contributed by atoms with E-state index in [0.717, 1.165) is 0 Å². The lowest BCUT2D eigenvalue weighted by Crippen LogP contribution is -2.30. The van der Waals surface area contributed by atoms with Crippen molar-refractivity contribution in [2.75, 3.05) is 13.7 Å². The normalized spacial score (nSPS) is 11.3. The minimum Gasteiger partial charge on any atom is -0.496 e. The summed E-state index contributed by atoms with van der Waals surface area (Å²) in [6, 6.07) is 2.93. The fourth-order valence-electron chi connectivity index (χ4n) is 1.52. The summed E-state index contributed by atoms with van der Waals surface area (Å²) in [5.74, 6) is -0.647. The number of benzene rings is 1. The number of methoxy groups -OCH3 is 1. The van der Waals surface area contributed by atoms with E-state index in [4.69, 9.17) is 9.84 Å². The third-order valence-electron chi connectivity index (χ3n) is 2.61. The van der Waals surface area contributed by atoms with Gasteiger partial charge in [0.1, 0.15) is 12.3 Å². The molecule has 0 unspecified atom stereocenters. The third-order valence-corrected chi connectivity index (χ3v) is 4.16. The standard InChI is InChI=1S/C11H15NO5S/c1-7-8(2)10(5-4-9(7)17-3)18(15,16)12-6-11(13)14/h4-5,12H,6H2,1-3H3,(H,13,14). The van der Waals surface area contributed by atoms with E-state index in [-0.39, 0.29) is 4.90 Å². The number of rotatable bonds is 5. The van der Waals surface area contributed by atoms with E-state index in [9.17, 15) is 13.2 Å². The molecule has 0 aliphatic carbocycles. The summed E-state index contributed by atoms with van der Waals surface area (Å²) in [6.07, 6.45) is 0. The average Bonchev–Trinajstić information content (AvgIpc) is 2.30. The Labute approximate surface area is 106 Å². The van der Waals surface area contributed by atoms with Gasteiger partial charge in [-0.1, -0.05) is 0 Å². The zero-order valence-electron chi connectivity index (χ0n) is 10.4. The fourth-order valence-corrected chi connectivity index (χ4v) is 2.79. The van der Waals surface area contributed by atoms with Crippen LogP contribution in [0.1, 0.15) is 11.1 Å². The summed E-state index contributed by atoms with van der Waals surface area (Å²) in [4.78, 5) is 10.4. The van der Waals surface area contributed by atoms with Crippen molar-refractivity contribution in [1.82, 2.24) is 4.72 Å². The van der Waals surface area contributed by atoms with E-state index in [1.54, 1.807) is 13.8 Å². The van der Waals surface area contributed by atoms with E-state index < -0.39 is 22.5 Å². The second-order valence-corrected chi connectivity index (χ2v) is 5.47. The van der Waals surface area contributed by atoms with E-state index in [1.807, 2.05) is 4.72 Å². The van der Waals surface area contributed by atoms with Crippen LogP contribution in [0.4, 0.5) is 0 Å². The number of hydrogen-bond donors (Lipinski definition) is 2. The molecule has 0 aliphatic rings. The zero-order chi connectivity index (χ0) is 13.9. The Hall–Kier alpha value is -1.60. The molecule has 1 rings (SSSR count). The minimum atomic E-state index is -3.82. The van der Waals surface area contributed by atoms with Gasteiger partial charge in [-0.25, -0.2) is 8.42 Å². The van der Waals surface area contributed by atoms with E-state index in [0.29, 0.717) is 16.9 Å². The smallest absolute Gasteiger partial charge is 0.318 e. The van der Waals surface area contributed by atoms with Gasteiger partial charge in [-0.05, 0) is 37.1 Å². The van der Waals surface area contributed by atoms with Crippen LogP contribution in [-0.4, -0.2) is 33.1 Å². The molecule has 0 atom stereocenters. The predicted octanol–water partition coefficient (Wildman–Crippen LogP) is 0.675. The maximum atomic E-state index is 11.9. The number of ether oxygens (including phenoxy) is 1. The van der Waals surface area contributed by atoms with Crippen LogP contribution in [0.3, 0.4) is 0 Å². The van der Waals surface area contributed by atoms with Crippen LogP contribution in [0.2, 0.25) is 0 Å². The molecule has 7 heteroatoms. The third kappa shape index (κ3) is 2.99. The molecule has 1 aromatic carbocycles. The second kappa shape index (κ2) is 5.36. The lowest BCUT2D eigenvalue weighted by atomic mass is 10.1. The first-order chi connectivity index (χ1) is 8.29. The quantitative estimate of drug-likeness (QED) is 0.822. The van der Waals surface area contributed by atoms with E-state index >= 15 is 0 Å². The lowest BCUT2D eigenvalue weighted by Gasteiger charge is -2.13. The van der Waals surface area contributed by atoms with Crippen LogP contribution in [-0.2, 0) is 14.8 Å². The first kappa shape index (κ1) is 14.5. The van der Waals surface area contributed by atoms with Gasteiger partial charge >= 0.3 is 5.97 Å². The molecule has 0 aliphatic heterocycles. The molecule has 0 spiro atoms. The Kier molecular flexibility index (Phi) is 4.31. The van der Waals surface area contributed by atoms with Crippen molar-refractivity contribution in [2.24, 2.45) is 0 Å². The maximum Gasteiger partial charge on any atom is 0.318 e. The molecule has 0 bridgehead atoms. The largest absolute Gasteiger partial charge is 0.496 e. The summed E-state index contributed by atoms with van der Waals surface area (Å²) in [7, 11) is -2.32. The van der Waals surface area contributed by atoms with Gasteiger partial charge in [0.05, 0.1) is 12.0 Å². The van der Waals surface area contributed by atoms with Crippen molar-refractivity contribution in [3.63, 3.8) is 0 Å². The van der Waals surface area contributed by atoms with Gasteiger partial charge < -0.3 is 9.84 Å². The van der Waals surface area contributed by atoms with Crippen molar-refractivity contribution in [2.45, 2.75) is 18.7 Å². The highest BCUT2D eigenvalue weighted by atomic mass is 32.2. The molecule has 0 saturated heterocycles. The van der Waals surface area contributed by atoms with Gasteiger partial charge in [0.25, 0.3) is 0 Å². The molecule has 0 fully saturated rings. The molecule has 0 heterocycles. The van der Waals surface area contributed by atoms with Crippen LogP contribution >= 0.6 is 0 Å². The van der Waals surface area contributed by atoms with Crippen LogP contribution in [0.5, 0.6) is 5.75 Å². The van der Waals surface area contributed by atoms with Gasteiger partial charge in [-0.2, -0.15) is 4.72 Å². The van der Waals surface area contributed by atoms with Crippen molar-refractivity contribution in [3.8, 4) is 5.75 Å². The summed E-state index contributed by atoms with van der Waals surface area (Å²) in [6.45, 7) is 2.74. The molecule has 6 nitrogen and oxygen atoms in total. The highest BCUT2D eigenvalue weighted by Gasteiger charge is 2.19. The second-order valence-electron chi connectivity index (χ2n) is 3.73. The molecule has 0 aromatic heterocycles. The van der Waals surface area contributed by atoms with Crippen LogP contribution in [0.15, 0.2) is 17.0 Å². The first-order valence-electron chi connectivity index (χ1n) is 5.15. The Bertz CT molecular complexity index is 565. The van der Waals surface area contributed by atoms with Gasteiger partial charge in [-0.15, -0.1) is 0 Å². The number of aliphatic carboxylic acids is 1. The zero-order valence-corrected chi connectivity index (χ0v) is 11.2. The van der Waals surface area contributed by atoms with Gasteiger partial charge in [0.2, 0.25) is 10.0 Å². The molecule has 100 valence electrons. The molecule has 0 saturated carbocycles. The predicted molar refractivity (Wildman–Crippen MR) is 65.3 cm³/mol. The highest BCUT2D eigenvalue weighted by molar-refractivity contribution is 7.89. The summed E-state index contributed by atoms with van der Waals surface area (Å²) in [5, 5.41) is 8.48. The maximum absolute atomic E-state index is 11.9. The summed E-state index contributed by atoms with van der Waals surface area (Å²) in [5.41, 5.74) is 1.24. The highest BCUT2D eigenvalue weighted by Crippen LogP contribution is 2.26. The van der Waals surface area contributed by atoms with Gasteiger partial charge in [0, 0.05) is 0 Å². The molecular weight excluding hydrogens is 258 g/mol. The van der Waals surface area contributed by atoms with Gasteiger partial charge in [-0.3, -0.25) is 4.79 Å². The number of carbonyl (C=O) groups is 1. The van der Waals surface area contributed by atoms with Crippen molar-refractivity contribution < 1.29 is 23.1 Å². The monoisotopic (exact) mass is 273 g/mol. The lowest BCUT2D eigenvalue weighted by molar-refractivity contribution is -0.135. The number of sulfonamides is 1. The van der Waals surface area contributed by atoms with Crippen molar-refractivity contribution >= 4 is 16.0 Å². The number of carboxylic acids is 1. The fraction of sp³-hybridized carbons (Fsp3) is 0.364. The number of hydrogen-bond acceptors (Lipinski definition) is 4. The first-order valence-corrected chi connectivity index (χ1v) is 6.63. The molecule has 0 radical (unpaired) electrons. The van der Waals surface area contributed by atoms with Crippen molar-refractivity contribution in [3.05, 3.63) is 23.3 Å². The Morgan fingerprint density at radius 1 is 1.33 bits per heavy atom. The number of carboxylic acid groups (broad SMARTS) is 1. The SMILES string of the molecule is COc1ccc(S(=O)(=O)NCC(=O)O)c(C)c1C. The molecule has 0 amide bonds.